The van der Waals surface area contributed by atoms with E-state index < -0.39 is 6.10 Å². The van der Waals surface area contributed by atoms with Crippen LogP contribution in [0.1, 0.15) is 23.4 Å². The predicted molar refractivity (Wildman–Crippen MR) is 96.8 cm³/mol. The molecule has 4 nitrogen and oxygen atoms in total. The van der Waals surface area contributed by atoms with E-state index in [0.717, 1.165) is 36.8 Å². The van der Waals surface area contributed by atoms with E-state index in [9.17, 15) is 9.50 Å². The van der Waals surface area contributed by atoms with Gasteiger partial charge in [-0.25, -0.2) is 9.37 Å². The van der Waals surface area contributed by atoms with E-state index in [1.165, 1.54) is 17.0 Å². The lowest BCUT2D eigenvalue weighted by Crippen LogP contribution is -2.42. The highest BCUT2D eigenvalue weighted by atomic mass is 32.1. The summed E-state index contributed by atoms with van der Waals surface area (Å²) in [5.41, 5.74) is 1.10. The van der Waals surface area contributed by atoms with Crippen LogP contribution in [0.25, 0.3) is 0 Å². The first kappa shape index (κ1) is 16.8. The summed E-state index contributed by atoms with van der Waals surface area (Å²) in [5.74, 6) is 1.31. The van der Waals surface area contributed by atoms with Crippen molar-refractivity contribution in [1.82, 2.24) is 4.98 Å². The minimum absolute atomic E-state index is 0.230. The van der Waals surface area contributed by atoms with E-state index in [2.05, 4.69) is 23.7 Å². The number of fused-ring (bicyclic) bond motifs is 1. The van der Waals surface area contributed by atoms with Crippen LogP contribution in [0.3, 0.4) is 0 Å². The molecular weight excluding hydrogens is 339 g/mol. The summed E-state index contributed by atoms with van der Waals surface area (Å²) in [4.78, 5) is 8.30. The van der Waals surface area contributed by atoms with Crippen molar-refractivity contribution in [3.8, 4) is 5.75 Å². The number of hydrogen-bond acceptors (Lipinski definition) is 5. The number of hydrogen-bond donors (Lipinski definition) is 1. The molecule has 2 aliphatic rings. The van der Waals surface area contributed by atoms with Gasteiger partial charge >= 0.3 is 0 Å². The highest BCUT2D eigenvalue weighted by Crippen LogP contribution is 2.40. The summed E-state index contributed by atoms with van der Waals surface area (Å²) in [6.07, 6.45) is 0.858. The van der Waals surface area contributed by atoms with Crippen molar-refractivity contribution in [3.63, 3.8) is 0 Å². The van der Waals surface area contributed by atoms with Crippen LogP contribution >= 0.6 is 11.3 Å². The number of thiazole rings is 1. The number of aryl methyl sites for hydroxylation is 2. The van der Waals surface area contributed by atoms with Crippen LogP contribution in [0.2, 0.25) is 0 Å². The van der Waals surface area contributed by atoms with Crippen molar-refractivity contribution >= 4 is 16.5 Å². The van der Waals surface area contributed by atoms with E-state index in [0.29, 0.717) is 17.6 Å². The zero-order valence-corrected chi connectivity index (χ0v) is 15.3. The number of aromatic nitrogens is 1. The Hall–Kier alpha value is -1.66. The molecule has 1 aliphatic heterocycles. The first-order valence-electron chi connectivity index (χ1n) is 8.79. The van der Waals surface area contributed by atoms with E-state index in [1.807, 2.05) is 0 Å². The summed E-state index contributed by atoms with van der Waals surface area (Å²) in [6, 6.07) is 6.02. The molecule has 0 unspecified atom stereocenters. The van der Waals surface area contributed by atoms with E-state index in [4.69, 9.17) is 4.74 Å². The first-order chi connectivity index (χ1) is 12.0. The number of ether oxygens (including phenoxy) is 1. The molecule has 1 aromatic carbocycles. The number of halogens is 1. The topological polar surface area (TPSA) is 45.6 Å². The second-order valence-corrected chi connectivity index (χ2v) is 8.39. The lowest BCUT2D eigenvalue weighted by atomic mass is 9.78. The summed E-state index contributed by atoms with van der Waals surface area (Å²) < 4.78 is 19.0. The van der Waals surface area contributed by atoms with Gasteiger partial charge < -0.3 is 14.7 Å². The van der Waals surface area contributed by atoms with Gasteiger partial charge in [-0.05, 0) is 62.8 Å². The van der Waals surface area contributed by atoms with Crippen molar-refractivity contribution in [2.24, 2.45) is 11.8 Å². The molecule has 2 fully saturated rings. The number of nitrogens with zero attached hydrogens (tertiary/aromatic N) is 2. The van der Waals surface area contributed by atoms with Crippen LogP contribution in [0, 0.1) is 31.5 Å². The molecule has 4 atom stereocenters. The fourth-order valence-corrected chi connectivity index (χ4v) is 4.88. The normalized spacial score (nSPS) is 28.9. The third kappa shape index (κ3) is 3.37. The highest BCUT2D eigenvalue weighted by molar-refractivity contribution is 7.15. The van der Waals surface area contributed by atoms with E-state index in [-0.39, 0.29) is 11.9 Å². The van der Waals surface area contributed by atoms with Gasteiger partial charge in [0.05, 0.1) is 11.8 Å². The monoisotopic (exact) mass is 362 g/mol. The zero-order chi connectivity index (χ0) is 17.6. The Bertz CT molecular complexity index is 729. The SMILES string of the molecule is Cc1nc(N2C[C@H]3C[C@@H](Oc4ccc(F)cc4)[C@H](O)C[C@H]3C2)sc1C. The maximum absolute atomic E-state index is 13.0. The number of rotatable bonds is 3. The molecule has 0 bridgehead atoms. The fraction of sp³-hybridized carbons (Fsp3) is 0.526. The van der Waals surface area contributed by atoms with Crippen molar-refractivity contribution in [2.45, 2.75) is 38.9 Å². The van der Waals surface area contributed by atoms with Gasteiger partial charge in [-0.2, -0.15) is 0 Å². The largest absolute Gasteiger partial charge is 0.488 e. The lowest BCUT2D eigenvalue weighted by molar-refractivity contribution is -0.0231. The molecule has 1 N–H and O–H groups in total. The lowest BCUT2D eigenvalue weighted by Gasteiger charge is -2.35. The van der Waals surface area contributed by atoms with Gasteiger partial charge in [0.25, 0.3) is 0 Å². The Morgan fingerprint density at radius 3 is 2.48 bits per heavy atom. The van der Waals surface area contributed by atoms with E-state index >= 15 is 0 Å². The van der Waals surface area contributed by atoms with Gasteiger partial charge in [0.2, 0.25) is 0 Å². The van der Waals surface area contributed by atoms with Crippen LogP contribution in [0.15, 0.2) is 24.3 Å². The van der Waals surface area contributed by atoms with Crippen molar-refractivity contribution < 1.29 is 14.2 Å². The standard InChI is InChI=1S/C19H23FN2O2S/c1-11-12(2)25-19(21-11)22-9-13-7-17(23)18(8-14(13)10-22)24-16-5-3-15(20)4-6-16/h3-6,13-14,17-18,23H,7-10H2,1-2H3/t13-,14+,17+,18+/m0/s1. The fourth-order valence-electron chi connectivity index (χ4n) is 3.95. The van der Waals surface area contributed by atoms with Gasteiger partial charge in [0.15, 0.2) is 5.13 Å². The average Bonchev–Trinajstić information content (AvgIpc) is 3.13. The molecule has 134 valence electrons. The number of benzene rings is 1. The second-order valence-electron chi connectivity index (χ2n) is 7.21. The number of aliphatic hydroxyl groups excluding tert-OH is 1. The quantitative estimate of drug-likeness (QED) is 0.907. The minimum Gasteiger partial charge on any atom is -0.488 e. The molecule has 1 aromatic heterocycles. The average molecular weight is 362 g/mol. The molecule has 0 spiro atoms. The van der Waals surface area contributed by atoms with Gasteiger partial charge in [-0.1, -0.05) is 0 Å². The van der Waals surface area contributed by atoms with Crippen LogP contribution in [-0.4, -0.2) is 35.4 Å². The molecule has 25 heavy (non-hydrogen) atoms. The molecule has 6 heteroatoms. The van der Waals surface area contributed by atoms with Crippen molar-refractivity contribution in [1.29, 1.82) is 0 Å². The van der Waals surface area contributed by atoms with Crippen LogP contribution in [-0.2, 0) is 0 Å². The maximum Gasteiger partial charge on any atom is 0.185 e. The van der Waals surface area contributed by atoms with Crippen molar-refractivity contribution in [3.05, 3.63) is 40.7 Å². The molecule has 0 amide bonds. The molecule has 1 saturated heterocycles. The van der Waals surface area contributed by atoms with Crippen LogP contribution in [0.4, 0.5) is 9.52 Å². The molecule has 1 saturated carbocycles. The Kier molecular flexibility index (Phi) is 4.41. The maximum atomic E-state index is 13.0. The molecule has 0 radical (unpaired) electrons. The highest BCUT2D eigenvalue weighted by Gasteiger charge is 2.43. The third-order valence-corrected chi connectivity index (χ3v) is 6.61. The summed E-state index contributed by atoms with van der Waals surface area (Å²) in [5, 5.41) is 11.6. The van der Waals surface area contributed by atoms with Crippen molar-refractivity contribution in [2.75, 3.05) is 18.0 Å². The molecule has 2 heterocycles. The molecular formula is C19H23FN2O2S. The Balaban J connectivity index is 1.44. The zero-order valence-electron chi connectivity index (χ0n) is 14.5. The smallest absolute Gasteiger partial charge is 0.185 e. The summed E-state index contributed by atoms with van der Waals surface area (Å²) in [7, 11) is 0. The van der Waals surface area contributed by atoms with Gasteiger partial charge in [-0.3, -0.25) is 0 Å². The third-order valence-electron chi connectivity index (χ3n) is 5.47. The summed E-state index contributed by atoms with van der Waals surface area (Å²) >= 11 is 1.75. The van der Waals surface area contributed by atoms with Crippen LogP contribution in [0.5, 0.6) is 5.75 Å². The molecule has 1 aliphatic carbocycles. The molecule has 2 aromatic rings. The first-order valence-corrected chi connectivity index (χ1v) is 9.60. The molecule has 4 rings (SSSR count). The Labute approximate surface area is 151 Å². The minimum atomic E-state index is -0.481. The number of anilines is 1. The Morgan fingerprint density at radius 1 is 1.16 bits per heavy atom. The van der Waals surface area contributed by atoms with Gasteiger partial charge in [0.1, 0.15) is 17.7 Å². The predicted octanol–water partition coefficient (Wildman–Crippen LogP) is 3.55. The number of aliphatic hydroxyl groups is 1. The second kappa shape index (κ2) is 6.57. The van der Waals surface area contributed by atoms with Crippen LogP contribution < -0.4 is 9.64 Å². The summed E-state index contributed by atoms with van der Waals surface area (Å²) in [6.45, 7) is 6.08. The Morgan fingerprint density at radius 2 is 1.84 bits per heavy atom. The van der Waals surface area contributed by atoms with Gasteiger partial charge in [-0.15, -0.1) is 11.3 Å². The van der Waals surface area contributed by atoms with Gasteiger partial charge in [0, 0.05) is 18.0 Å². The van der Waals surface area contributed by atoms with E-state index in [1.54, 1.807) is 23.5 Å².